The van der Waals surface area contributed by atoms with Gasteiger partial charge in [-0.2, -0.15) is 8.61 Å². The van der Waals surface area contributed by atoms with Gasteiger partial charge in [0.25, 0.3) is 0 Å². The van der Waals surface area contributed by atoms with E-state index in [2.05, 4.69) is 45.2 Å². The minimum atomic E-state index is -3.87. The third-order valence-electron chi connectivity index (χ3n) is 4.82. The van der Waals surface area contributed by atoms with E-state index in [1.807, 2.05) is 25.7 Å². The minimum absolute atomic E-state index is 0.108. The van der Waals surface area contributed by atoms with Crippen molar-refractivity contribution in [3.05, 3.63) is 55.7 Å². The van der Waals surface area contributed by atoms with Gasteiger partial charge in [0, 0.05) is 12.7 Å². The summed E-state index contributed by atoms with van der Waals surface area (Å²) in [6.07, 6.45) is 0. The van der Waals surface area contributed by atoms with Gasteiger partial charge in [-0.15, -0.1) is 0 Å². The van der Waals surface area contributed by atoms with E-state index in [0.717, 1.165) is 7.14 Å². The number of hydrogen-bond acceptors (Lipinski definition) is 5. The molecule has 1 aliphatic rings. The van der Waals surface area contributed by atoms with Gasteiger partial charge in [-0.25, -0.2) is 16.8 Å². The van der Waals surface area contributed by atoms with Gasteiger partial charge >= 0.3 is 0 Å². The maximum absolute atomic E-state index is 13.3. The Labute approximate surface area is 205 Å². The smallest absolute Gasteiger partial charge is 0.245 e. The molecule has 1 aliphatic heterocycles. The van der Waals surface area contributed by atoms with Gasteiger partial charge in [-0.3, -0.25) is 4.90 Å². The van der Waals surface area contributed by atoms with Crippen molar-refractivity contribution < 1.29 is 16.8 Å². The first-order valence-electron chi connectivity index (χ1n) is 9.08. The molecule has 0 N–H and O–H groups in total. The van der Waals surface area contributed by atoms with E-state index in [0.29, 0.717) is 0 Å². The van der Waals surface area contributed by atoms with Gasteiger partial charge in [0.05, 0.1) is 29.8 Å². The molecule has 2 aromatic rings. The van der Waals surface area contributed by atoms with Crippen LogP contribution >= 0.6 is 45.2 Å². The van der Waals surface area contributed by atoms with E-state index in [-0.39, 0.29) is 29.8 Å². The fourth-order valence-corrected chi connectivity index (χ4v) is 6.44. The van der Waals surface area contributed by atoms with E-state index in [1.165, 1.54) is 8.61 Å². The Morgan fingerprint density at radius 2 is 1.00 bits per heavy atom. The molecule has 164 valence electrons. The number of sulfonamides is 2. The van der Waals surface area contributed by atoms with E-state index in [1.54, 1.807) is 48.5 Å². The van der Waals surface area contributed by atoms with Crippen LogP contribution in [0.2, 0.25) is 0 Å². The molecule has 7 nitrogen and oxygen atoms in total. The predicted molar refractivity (Wildman–Crippen MR) is 133 cm³/mol. The minimum Gasteiger partial charge on any atom is -0.271 e. The molecule has 3 rings (SSSR count). The van der Waals surface area contributed by atoms with Crippen LogP contribution < -0.4 is 0 Å². The first kappa shape index (κ1) is 24.3. The lowest BCUT2D eigenvalue weighted by atomic mass is 10.1. The highest BCUT2D eigenvalue weighted by Crippen LogP contribution is 2.28. The van der Waals surface area contributed by atoms with Crippen molar-refractivity contribution in [2.45, 2.75) is 36.1 Å². The molecule has 0 amide bonds. The van der Waals surface area contributed by atoms with Gasteiger partial charge in [-0.05, 0) is 114 Å². The summed E-state index contributed by atoms with van der Waals surface area (Å²) < 4.78 is 57.5. The number of hydrogen-bond donors (Lipinski definition) is 0. The summed E-state index contributed by atoms with van der Waals surface area (Å²) in [5.74, 6) is 0. The molecule has 0 spiro atoms. The van der Waals surface area contributed by atoms with Crippen LogP contribution in [0.5, 0.6) is 0 Å². The van der Waals surface area contributed by atoms with Crippen LogP contribution in [0.25, 0.3) is 0 Å². The second-order valence-electron chi connectivity index (χ2n) is 7.96. The monoisotopic (exact) mass is 675 g/mol. The number of halogens is 2. The van der Waals surface area contributed by atoms with E-state index < -0.39 is 25.6 Å². The lowest BCUT2D eigenvalue weighted by molar-refractivity contribution is 0.00110. The second kappa shape index (κ2) is 8.90. The zero-order valence-corrected chi connectivity index (χ0v) is 22.7. The third-order valence-corrected chi connectivity index (χ3v) is 9.82. The van der Waals surface area contributed by atoms with E-state index >= 15 is 0 Å². The summed E-state index contributed by atoms with van der Waals surface area (Å²) in [6.45, 7) is 5.78. The summed E-state index contributed by atoms with van der Waals surface area (Å²) in [7, 11) is -7.75. The van der Waals surface area contributed by atoms with Gasteiger partial charge in [0.1, 0.15) is 0 Å². The van der Waals surface area contributed by atoms with Crippen LogP contribution in [0.4, 0.5) is 0 Å². The lowest BCUT2D eigenvalue weighted by Crippen LogP contribution is -2.62. The Morgan fingerprint density at radius 1 is 0.667 bits per heavy atom. The van der Waals surface area contributed by atoms with E-state index in [4.69, 9.17) is 0 Å². The Balaban J connectivity index is 2.01. The van der Waals surface area contributed by atoms with Crippen molar-refractivity contribution >= 4 is 65.2 Å². The molecule has 11 heteroatoms. The van der Waals surface area contributed by atoms with Crippen LogP contribution in [-0.2, 0) is 20.0 Å². The molecule has 0 unspecified atom stereocenters. The maximum Gasteiger partial charge on any atom is 0.245 e. The van der Waals surface area contributed by atoms with Crippen LogP contribution in [0.1, 0.15) is 20.8 Å². The van der Waals surface area contributed by atoms with Gasteiger partial charge in [0.2, 0.25) is 20.0 Å². The van der Waals surface area contributed by atoms with Crippen molar-refractivity contribution in [2.24, 2.45) is 0 Å². The molecule has 1 fully saturated rings. The van der Waals surface area contributed by atoms with Gasteiger partial charge in [0.15, 0.2) is 0 Å². The first-order chi connectivity index (χ1) is 13.8. The highest BCUT2D eigenvalue weighted by atomic mass is 127. The average Bonchev–Trinajstić information content (AvgIpc) is 2.67. The standard InChI is InChI=1S/C19H23I2N3O4S2/c1-19(2,3)22-12-23(29(25,26)17-8-4-15(20)5-9-17)14-24(13-22)30(27,28)18-10-6-16(21)7-11-18/h4-11H,12-14H2,1-3H3. The second-order valence-corrected chi connectivity index (χ2v) is 14.3. The molecule has 30 heavy (non-hydrogen) atoms. The topological polar surface area (TPSA) is 78.0 Å². The van der Waals surface area contributed by atoms with Crippen LogP contribution in [0, 0.1) is 7.14 Å². The van der Waals surface area contributed by atoms with Crippen molar-refractivity contribution in [1.82, 2.24) is 13.5 Å². The molecule has 2 aromatic carbocycles. The Bertz CT molecular complexity index is 1030. The van der Waals surface area contributed by atoms with Crippen molar-refractivity contribution in [1.29, 1.82) is 0 Å². The van der Waals surface area contributed by atoms with E-state index in [9.17, 15) is 16.8 Å². The zero-order valence-electron chi connectivity index (χ0n) is 16.8. The zero-order chi connectivity index (χ0) is 22.3. The highest BCUT2D eigenvalue weighted by Gasteiger charge is 2.41. The van der Waals surface area contributed by atoms with Crippen LogP contribution in [-0.4, -0.2) is 55.9 Å². The average molecular weight is 675 g/mol. The quantitative estimate of drug-likeness (QED) is 0.464. The lowest BCUT2D eigenvalue weighted by Gasteiger charge is -2.46. The number of nitrogens with zero attached hydrogens (tertiary/aromatic N) is 3. The summed E-state index contributed by atoms with van der Waals surface area (Å²) in [6, 6.07) is 13.1. The molecule has 0 bridgehead atoms. The Kier molecular flexibility index (Phi) is 7.22. The summed E-state index contributed by atoms with van der Waals surface area (Å²) in [4.78, 5) is 2.13. The number of rotatable bonds is 4. The maximum atomic E-state index is 13.3. The number of benzene rings is 2. The van der Waals surface area contributed by atoms with Crippen LogP contribution in [0.15, 0.2) is 58.3 Å². The fraction of sp³-hybridized carbons (Fsp3) is 0.368. The Hall–Kier alpha value is -0.320. The third kappa shape index (κ3) is 5.18. The molecular formula is C19H23I2N3O4S2. The molecular weight excluding hydrogens is 652 g/mol. The largest absolute Gasteiger partial charge is 0.271 e. The highest BCUT2D eigenvalue weighted by molar-refractivity contribution is 14.1. The summed E-state index contributed by atoms with van der Waals surface area (Å²) in [5, 5.41) is 0. The fourth-order valence-electron chi connectivity index (χ4n) is 2.93. The van der Waals surface area contributed by atoms with Gasteiger partial charge in [-0.1, -0.05) is 0 Å². The molecule has 1 heterocycles. The molecule has 0 aliphatic carbocycles. The molecule has 1 saturated heterocycles. The van der Waals surface area contributed by atoms with Crippen LogP contribution in [0.3, 0.4) is 0 Å². The van der Waals surface area contributed by atoms with Crippen molar-refractivity contribution in [3.8, 4) is 0 Å². The Morgan fingerprint density at radius 3 is 1.30 bits per heavy atom. The molecule has 0 atom stereocenters. The van der Waals surface area contributed by atoms with Crippen molar-refractivity contribution in [3.63, 3.8) is 0 Å². The first-order valence-corrected chi connectivity index (χ1v) is 14.1. The normalized spacial score (nSPS) is 17.9. The summed E-state index contributed by atoms with van der Waals surface area (Å²) >= 11 is 4.22. The molecule has 0 saturated carbocycles. The predicted octanol–water partition coefficient (Wildman–Crippen LogP) is 3.56. The molecule has 0 radical (unpaired) electrons. The summed E-state index contributed by atoms with van der Waals surface area (Å²) in [5.41, 5.74) is -0.430. The van der Waals surface area contributed by atoms with Crippen molar-refractivity contribution in [2.75, 3.05) is 20.0 Å². The SMILES string of the molecule is CC(C)(C)N1CN(S(=O)(=O)c2ccc(I)cc2)CN(S(=O)(=O)c2ccc(I)cc2)C1. The molecule has 0 aromatic heterocycles. The van der Waals surface area contributed by atoms with Gasteiger partial charge < -0.3 is 0 Å².